The number of hydrogen-bond acceptors (Lipinski definition) is 5. The number of amides is 2. The molecular formula is C26H29N5O2. The third-order valence-electron chi connectivity index (χ3n) is 6.07. The fourth-order valence-electron chi connectivity index (χ4n) is 4.54. The van der Waals surface area contributed by atoms with Gasteiger partial charge in [-0.3, -0.25) is 14.6 Å². The van der Waals surface area contributed by atoms with Crippen LogP contribution < -0.4 is 5.32 Å². The first-order valence-electron chi connectivity index (χ1n) is 11.3. The number of rotatable bonds is 6. The van der Waals surface area contributed by atoms with E-state index in [1.807, 2.05) is 38.1 Å². The Bertz CT molecular complexity index is 1100. The number of hydrogen-bond donors (Lipinski definition) is 1. The summed E-state index contributed by atoms with van der Waals surface area (Å²) in [6.07, 6.45) is 8.66. The number of carbonyl (C=O) groups is 2. The summed E-state index contributed by atoms with van der Waals surface area (Å²) < 4.78 is 0. The van der Waals surface area contributed by atoms with Crippen molar-refractivity contribution in [2.45, 2.75) is 39.2 Å². The van der Waals surface area contributed by atoms with E-state index in [0.29, 0.717) is 31.6 Å². The summed E-state index contributed by atoms with van der Waals surface area (Å²) in [6, 6.07) is 13.4. The molecule has 33 heavy (non-hydrogen) atoms. The minimum absolute atomic E-state index is 0.00834. The number of benzene rings is 1. The molecule has 1 aromatic carbocycles. The second kappa shape index (κ2) is 9.90. The van der Waals surface area contributed by atoms with Crippen LogP contribution in [0.1, 0.15) is 42.7 Å². The van der Waals surface area contributed by atoms with Gasteiger partial charge in [0.25, 0.3) is 5.91 Å². The molecule has 1 aliphatic heterocycles. The number of aromatic nitrogens is 3. The molecular weight excluding hydrogens is 414 g/mol. The molecule has 1 N–H and O–H groups in total. The fraction of sp³-hybridized carbons (Fsp3) is 0.346. The SMILES string of the molecule is CC(C)NC(=O)[C@]1(Cc2ccccc2-c2cncnc2)CCCN(C(=O)c2ccccn2)C1. The van der Waals surface area contributed by atoms with Crippen LogP contribution in [0, 0.1) is 5.41 Å². The number of nitrogens with one attached hydrogen (secondary N) is 1. The van der Waals surface area contributed by atoms with Crippen LogP contribution in [0.5, 0.6) is 0 Å². The molecule has 7 nitrogen and oxygen atoms in total. The van der Waals surface area contributed by atoms with Crippen molar-refractivity contribution in [3.8, 4) is 11.1 Å². The lowest BCUT2D eigenvalue weighted by atomic mass is 9.73. The normalized spacial score (nSPS) is 18.2. The zero-order valence-corrected chi connectivity index (χ0v) is 19.1. The predicted octanol–water partition coefficient (Wildman–Crippen LogP) is 3.53. The Kier molecular flexibility index (Phi) is 6.77. The highest BCUT2D eigenvalue weighted by Crippen LogP contribution is 2.37. The van der Waals surface area contributed by atoms with Crippen LogP contribution in [0.3, 0.4) is 0 Å². The van der Waals surface area contributed by atoms with Crippen LogP contribution in [-0.2, 0) is 11.2 Å². The molecule has 1 fully saturated rings. The lowest BCUT2D eigenvalue weighted by molar-refractivity contribution is -0.134. The molecule has 4 rings (SSSR count). The van der Waals surface area contributed by atoms with Crippen LogP contribution in [-0.4, -0.2) is 50.8 Å². The molecule has 1 atom stereocenters. The second-order valence-corrected chi connectivity index (χ2v) is 8.91. The summed E-state index contributed by atoms with van der Waals surface area (Å²) in [7, 11) is 0. The van der Waals surface area contributed by atoms with E-state index in [9.17, 15) is 9.59 Å². The van der Waals surface area contributed by atoms with E-state index in [4.69, 9.17) is 0 Å². The first kappa shape index (κ1) is 22.6. The minimum atomic E-state index is -0.737. The number of nitrogens with zero attached hydrogens (tertiary/aromatic N) is 4. The van der Waals surface area contributed by atoms with Crippen LogP contribution in [0.4, 0.5) is 0 Å². The van der Waals surface area contributed by atoms with Gasteiger partial charge in [-0.05, 0) is 56.4 Å². The highest BCUT2D eigenvalue weighted by molar-refractivity contribution is 5.93. The Morgan fingerprint density at radius 1 is 1.09 bits per heavy atom. The molecule has 0 spiro atoms. The maximum absolute atomic E-state index is 13.6. The zero-order chi connectivity index (χ0) is 23.3. The van der Waals surface area contributed by atoms with Gasteiger partial charge in [-0.1, -0.05) is 30.3 Å². The van der Waals surface area contributed by atoms with Gasteiger partial charge in [-0.25, -0.2) is 9.97 Å². The number of pyridine rings is 1. The van der Waals surface area contributed by atoms with Crippen molar-refractivity contribution in [3.63, 3.8) is 0 Å². The van der Waals surface area contributed by atoms with Crippen molar-refractivity contribution in [2.24, 2.45) is 5.41 Å². The molecule has 0 bridgehead atoms. The van der Waals surface area contributed by atoms with E-state index < -0.39 is 5.41 Å². The lowest BCUT2D eigenvalue weighted by Crippen LogP contribution is -2.55. The number of carbonyl (C=O) groups excluding carboxylic acids is 2. The highest BCUT2D eigenvalue weighted by atomic mass is 16.2. The number of piperidine rings is 1. The van der Waals surface area contributed by atoms with Gasteiger partial charge < -0.3 is 10.2 Å². The van der Waals surface area contributed by atoms with Crippen molar-refractivity contribution >= 4 is 11.8 Å². The van der Waals surface area contributed by atoms with E-state index in [0.717, 1.165) is 23.1 Å². The predicted molar refractivity (Wildman–Crippen MR) is 126 cm³/mol. The smallest absolute Gasteiger partial charge is 0.272 e. The van der Waals surface area contributed by atoms with E-state index in [-0.39, 0.29) is 17.9 Å². The number of likely N-dealkylation sites (tertiary alicyclic amines) is 1. The summed E-state index contributed by atoms with van der Waals surface area (Å²) in [5, 5.41) is 3.11. The highest BCUT2D eigenvalue weighted by Gasteiger charge is 2.44. The summed E-state index contributed by atoms with van der Waals surface area (Å²) in [5.41, 5.74) is 2.61. The fourth-order valence-corrected chi connectivity index (χ4v) is 4.54. The first-order valence-corrected chi connectivity index (χ1v) is 11.3. The average Bonchev–Trinajstić information content (AvgIpc) is 2.85. The van der Waals surface area contributed by atoms with Crippen LogP contribution in [0.2, 0.25) is 0 Å². The standard InChI is InChI=1S/C26H29N5O2/c1-19(2)30-25(33)26(11-7-13-31(17-26)24(32)23-10-5-6-12-29-23)14-20-8-3-4-9-22(20)21-15-27-18-28-16-21/h3-6,8-10,12,15-16,18-19H,7,11,13-14,17H2,1-2H3,(H,30,33)/t26-/m0/s1. The topological polar surface area (TPSA) is 88.1 Å². The van der Waals surface area contributed by atoms with Crippen LogP contribution in [0.25, 0.3) is 11.1 Å². The zero-order valence-electron chi connectivity index (χ0n) is 19.1. The van der Waals surface area contributed by atoms with Gasteiger partial charge in [0.1, 0.15) is 12.0 Å². The monoisotopic (exact) mass is 443 g/mol. The Balaban J connectivity index is 1.69. The van der Waals surface area contributed by atoms with Gasteiger partial charge in [0.15, 0.2) is 0 Å². The van der Waals surface area contributed by atoms with E-state index >= 15 is 0 Å². The largest absolute Gasteiger partial charge is 0.353 e. The van der Waals surface area contributed by atoms with Gasteiger partial charge in [0.05, 0.1) is 5.41 Å². The average molecular weight is 444 g/mol. The Morgan fingerprint density at radius 3 is 2.58 bits per heavy atom. The van der Waals surface area contributed by atoms with E-state index in [1.54, 1.807) is 41.7 Å². The van der Waals surface area contributed by atoms with Crippen molar-refractivity contribution in [1.82, 2.24) is 25.2 Å². The maximum atomic E-state index is 13.6. The third kappa shape index (κ3) is 5.08. The van der Waals surface area contributed by atoms with Gasteiger partial charge >= 0.3 is 0 Å². The Morgan fingerprint density at radius 2 is 1.85 bits per heavy atom. The maximum Gasteiger partial charge on any atom is 0.272 e. The van der Waals surface area contributed by atoms with Crippen molar-refractivity contribution in [2.75, 3.05) is 13.1 Å². The summed E-state index contributed by atoms with van der Waals surface area (Å²) in [4.78, 5) is 41.1. The molecule has 2 amide bonds. The Hall–Kier alpha value is -3.61. The third-order valence-corrected chi connectivity index (χ3v) is 6.07. The van der Waals surface area contributed by atoms with E-state index in [2.05, 4.69) is 20.3 Å². The van der Waals surface area contributed by atoms with Gasteiger partial charge in [-0.15, -0.1) is 0 Å². The van der Waals surface area contributed by atoms with Gasteiger partial charge in [0, 0.05) is 43.3 Å². The summed E-state index contributed by atoms with van der Waals surface area (Å²) >= 11 is 0. The van der Waals surface area contributed by atoms with Crippen molar-refractivity contribution in [3.05, 3.63) is 78.6 Å². The molecule has 7 heteroatoms. The first-order chi connectivity index (χ1) is 16.0. The van der Waals surface area contributed by atoms with Crippen molar-refractivity contribution < 1.29 is 9.59 Å². The van der Waals surface area contributed by atoms with Crippen LogP contribution in [0.15, 0.2) is 67.4 Å². The second-order valence-electron chi connectivity index (χ2n) is 8.91. The molecule has 0 radical (unpaired) electrons. The molecule has 0 unspecified atom stereocenters. The molecule has 2 aromatic heterocycles. The van der Waals surface area contributed by atoms with Gasteiger partial charge in [-0.2, -0.15) is 0 Å². The lowest BCUT2D eigenvalue weighted by Gasteiger charge is -2.42. The van der Waals surface area contributed by atoms with Gasteiger partial charge in [0.2, 0.25) is 5.91 Å². The molecule has 0 saturated carbocycles. The Labute approximate surface area is 194 Å². The molecule has 1 saturated heterocycles. The molecule has 0 aliphatic carbocycles. The van der Waals surface area contributed by atoms with E-state index in [1.165, 1.54) is 6.33 Å². The molecule has 3 heterocycles. The molecule has 3 aromatic rings. The molecule has 170 valence electrons. The summed E-state index contributed by atoms with van der Waals surface area (Å²) in [6.45, 7) is 4.88. The summed E-state index contributed by atoms with van der Waals surface area (Å²) in [5.74, 6) is -0.156. The quantitative estimate of drug-likeness (QED) is 0.630. The van der Waals surface area contributed by atoms with Crippen LogP contribution >= 0.6 is 0 Å². The minimum Gasteiger partial charge on any atom is -0.353 e. The van der Waals surface area contributed by atoms with Crippen molar-refractivity contribution in [1.29, 1.82) is 0 Å². The molecule has 1 aliphatic rings.